The van der Waals surface area contributed by atoms with E-state index < -0.39 is 0 Å². The fraction of sp³-hybridized carbons (Fsp3) is 0.400. The fourth-order valence-corrected chi connectivity index (χ4v) is 1.07. The lowest BCUT2D eigenvalue weighted by atomic mass is 10.3. The number of thiol groups is 1. The molecule has 0 fully saturated rings. The fourth-order valence-electron chi connectivity index (χ4n) is 0.946. The lowest BCUT2D eigenvalue weighted by Gasteiger charge is -2.06. The van der Waals surface area contributed by atoms with Crippen LogP contribution < -0.4 is 9.47 Å². The Balaban J connectivity index is 2.46. The topological polar surface area (TPSA) is 18.5 Å². The van der Waals surface area contributed by atoms with E-state index in [2.05, 4.69) is 12.6 Å². The molecule has 3 heteroatoms. The number of methoxy groups -OCH3 is 1. The third-order valence-corrected chi connectivity index (χ3v) is 1.93. The summed E-state index contributed by atoms with van der Waals surface area (Å²) in [6.07, 6.45) is 0.959. The minimum absolute atomic E-state index is 0.705. The molecule has 1 aromatic rings. The second-order valence-electron chi connectivity index (χ2n) is 2.60. The normalized spacial score (nSPS) is 9.69. The van der Waals surface area contributed by atoms with Crippen molar-refractivity contribution in [3.8, 4) is 11.5 Å². The molecule has 0 heterocycles. The van der Waals surface area contributed by atoms with Gasteiger partial charge in [-0.3, -0.25) is 0 Å². The van der Waals surface area contributed by atoms with Crippen LogP contribution in [0, 0.1) is 0 Å². The number of rotatable bonds is 5. The van der Waals surface area contributed by atoms with E-state index in [-0.39, 0.29) is 0 Å². The SMILES string of the molecule is COc1cccc(OCCCS)c1. The van der Waals surface area contributed by atoms with Crippen molar-refractivity contribution in [3.63, 3.8) is 0 Å². The summed E-state index contributed by atoms with van der Waals surface area (Å²) in [6, 6.07) is 7.60. The molecule has 0 saturated carbocycles. The molecule has 0 N–H and O–H groups in total. The van der Waals surface area contributed by atoms with Crippen molar-refractivity contribution in [1.82, 2.24) is 0 Å². The smallest absolute Gasteiger partial charge is 0.122 e. The molecule has 0 aliphatic heterocycles. The Morgan fingerprint density at radius 3 is 2.77 bits per heavy atom. The van der Waals surface area contributed by atoms with E-state index in [1.165, 1.54) is 0 Å². The third-order valence-electron chi connectivity index (χ3n) is 1.61. The highest BCUT2D eigenvalue weighted by Crippen LogP contribution is 2.18. The highest BCUT2D eigenvalue weighted by Gasteiger charge is 1.95. The van der Waals surface area contributed by atoms with Crippen LogP contribution in [0.1, 0.15) is 6.42 Å². The first-order valence-corrected chi connectivity index (χ1v) is 4.88. The van der Waals surface area contributed by atoms with Crippen LogP contribution in [0.2, 0.25) is 0 Å². The van der Waals surface area contributed by atoms with Gasteiger partial charge in [0.2, 0.25) is 0 Å². The Morgan fingerprint density at radius 2 is 2.08 bits per heavy atom. The first-order valence-electron chi connectivity index (χ1n) is 4.24. The Hall–Kier alpha value is -0.830. The van der Waals surface area contributed by atoms with Gasteiger partial charge in [0.1, 0.15) is 11.5 Å². The lowest BCUT2D eigenvalue weighted by molar-refractivity contribution is 0.316. The Labute approximate surface area is 84.3 Å². The van der Waals surface area contributed by atoms with Gasteiger partial charge in [-0.25, -0.2) is 0 Å². The summed E-state index contributed by atoms with van der Waals surface area (Å²) in [5, 5.41) is 0. The van der Waals surface area contributed by atoms with E-state index in [1.54, 1.807) is 7.11 Å². The average Bonchev–Trinajstić information content (AvgIpc) is 2.19. The van der Waals surface area contributed by atoms with Gasteiger partial charge in [-0.05, 0) is 24.3 Å². The zero-order chi connectivity index (χ0) is 9.52. The molecule has 2 nitrogen and oxygen atoms in total. The van der Waals surface area contributed by atoms with E-state index in [0.29, 0.717) is 6.61 Å². The number of hydrogen-bond donors (Lipinski definition) is 1. The van der Waals surface area contributed by atoms with E-state index in [9.17, 15) is 0 Å². The first-order chi connectivity index (χ1) is 6.36. The molecule has 0 aromatic heterocycles. The van der Waals surface area contributed by atoms with Crippen molar-refractivity contribution >= 4 is 12.6 Å². The van der Waals surface area contributed by atoms with Crippen LogP contribution in [0.5, 0.6) is 11.5 Å². The van der Waals surface area contributed by atoms with Gasteiger partial charge in [0.05, 0.1) is 13.7 Å². The first kappa shape index (κ1) is 10.3. The van der Waals surface area contributed by atoms with Crippen LogP contribution in [0.4, 0.5) is 0 Å². The maximum atomic E-state index is 5.46. The maximum absolute atomic E-state index is 5.46. The van der Waals surface area contributed by atoms with Crippen LogP contribution in [-0.4, -0.2) is 19.5 Å². The minimum atomic E-state index is 0.705. The molecule has 0 atom stereocenters. The largest absolute Gasteiger partial charge is 0.497 e. The second-order valence-corrected chi connectivity index (χ2v) is 3.05. The predicted octanol–water partition coefficient (Wildman–Crippen LogP) is 2.39. The van der Waals surface area contributed by atoms with Crippen LogP contribution in [0.15, 0.2) is 24.3 Å². The molecule has 0 bridgehead atoms. The molecule has 72 valence electrons. The van der Waals surface area contributed by atoms with Crippen molar-refractivity contribution in [1.29, 1.82) is 0 Å². The maximum Gasteiger partial charge on any atom is 0.122 e. The van der Waals surface area contributed by atoms with Gasteiger partial charge in [-0.2, -0.15) is 12.6 Å². The molecule has 0 radical (unpaired) electrons. The van der Waals surface area contributed by atoms with Gasteiger partial charge in [-0.15, -0.1) is 0 Å². The summed E-state index contributed by atoms with van der Waals surface area (Å²) >= 11 is 4.10. The summed E-state index contributed by atoms with van der Waals surface area (Å²) in [7, 11) is 1.65. The quantitative estimate of drug-likeness (QED) is 0.578. The van der Waals surface area contributed by atoms with Gasteiger partial charge in [0, 0.05) is 6.07 Å². The number of benzene rings is 1. The van der Waals surface area contributed by atoms with E-state index in [4.69, 9.17) is 9.47 Å². The molecule has 1 rings (SSSR count). The van der Waals surface area contributed by atoms with Crippen LogP contribution >= 0.6 is 12.6 Å². The van der Waals surface area contributed by atoms with Crippen molar-refractivity contribution in [2.75, 3.05) is 19.5 Å². The minimum Gasteiger partial charge on any atom is -0.497 e. The molecular weight excluding hydrogens is 184 g/mol. The number of hydrogen-bond acceptors (Lipinski definition) is 3. The monoisotopic (exact) mass is 198 g/mol. The summed E-state index contributed by atoms with van der Waals surface area (Å²) in [5.74, 6) is 2.52. The van der Waals surface area contributed by atoms with E-state index in [1.807, 2.05) is 24.3 Å². The van der Waals surface area contributed by atoms with Crippen molar-refractivity contribution in [2.45, 2.75) is 6.42 Å². The molecule has 13 heavy (non-hydrogen) atoms. The zero-order valence-electron chi connectivity index (χ0n) is 7.69. The molecule has 0 unspecified atom stereocenters. The highest BCUT2D eigenvalue weighted by atomic mass is 32.1. The third kappa shape index (κ3) is 3.59. The lowest BCUT2D eigenvalue weighted by Crippen LogP contribution is -1.97. The van der Waals surface area contributed by atoms with Crippen LogP contribution in [0.3, 0.4) is 0 Å². The zero-order valence-corrected chi connectivity index (χ0v) is 8.59. The molecule has 0 aliphatic carbocycles. The van der Waals surface area contributed by atoms with Gasteiger partial charge in [0.15, 0.2) is 0 Å². The Bertz CT molecular complexity index is 250. The summed E-state index contributed by atoms with van der Waals surface area (Å²) in [6.45, 7) is 0.705. The summed E-state index contributed by atoms with van der Waals surface area (Å²) in [4.78, 5) is 0. The molecule has 0 spiro atoms. The van der Waals surface area contributed by atoms with E-state index >= 15 is 0 Å². The van der Waals surface area contributed by atoms with Gasteiger partial charge < -0.3 is 9.47 Å². The Morgan fingerprint density at radius 1 is 1.31 bits per heavy atom. The second kappa shape index (κ2) is 5.75. The molecule has 0 aliphatic rings. The summed E-state index contributed by atoms with van der Waals surface area (Å²) in [5.41, 5.74) is 0. The van der Waals surface area contributed by atoms with E-state index in [0.717, 1.165) is 23.7 Å². The Kier molecular flexibility index (Phi) is 4.54. The highest BCUT2D eigenvalue weighted by molar-refractivity contribution is 7.80. The summed E-state index contributed by atoms with van der Waals surface area (Å²) < 4.78 is 10.5. The molecule has 1 aromatic carbocycles. The predicted molar refractivity (Wildman–Crippen MR) is 57.0 cm³/mol. The average molecular weight is 198 g/mol. The van der Waals surface area contributed by atoms with Crippen molar-refractivity contribution < 1.29 is 9.47 Å². The standard InChI is InChI=1S/C10H14O2S/c1-11-9-4-2-5-10(8-9)12-6-3-7-13/h2,4-5,8,13H,3,6-7H2,1H3. The van der Waals surface area contributed by atoms with Gasteiger partial charge >= 0.3 is 0 Å². The van der Waals surface area contributed by atoms with Crippen LogP contribution in [-0.2, 0) is 0 Å². The van der Waals surface area contributed by atoms with Gasteiger partial charge in [0.25, 0.3) is 0 Å². The van der Waals surface area contributed by atoms with Crippen molar-refractivity contribution in [2.24, 2.45) is 0 Å². The molecular formula is C10H14O2S. The number of ether oxygens (including phenoxy) is 2. The van der Waals surface area contributed by atoms with Gasteiger partial charge in [-0.1, -0.05) is 6.07 Å². The van der Waals surface area contributed by atoms with Crippen LogP contribution in [0.25, 0.3) is 0 Å². The molecule has 0 amide bonds. The van der Waals surface area contributed by atoms with Crippen molar-refractivity contribution in [3.05, 3.63) is 24.3 Å². The molecule has 0 saturated heterocycles.